The fourth-order valence-corrected chi connectivity index (χ4v) is 1.55. The van der Waals surface area contributed by atoms with Gasteiger partial charge in [0.1, 0.15) is 5.60 Å². The highest BCUT2D eigenvalue weighted by atomic mass is 16.6. The number of aromatic nitrogens is 1. The topological polar surface area (TPSA) is 71.5 Å². The van der Waals surface area contributed by atoms with Gasteiger partial charge >= 0.3 is 6.09 Å². The van der Waals surface area contributed by atoms with E-state index in [1.165, 1.54) is 0 Å². The predicted octanol–water partition coefficient (Wildman–Crippen LogP) is 1.90. The third kappa shape index (κ3) is 6.20. The third-order valence-corrected chi connectivity index (χ3v) is 2.44. The van der Waals surface area contributed by atoms with E-state index in [0.717, 1.165) is 5.69 Å². The molecule has 1 rings (SSSR count). The molecule has 2 N–H and O–H groups in total. The Kier molecular flexibility index (Phi) is 5.30. The average molecular weight is 266 g/mol. The average Bonchev–Trinajstić information content (AvgIpc) is 2.26. The largest absolute Gasteiger partial charge is 0.444 e. The van der Waals surface area contributed by atoms with E-state index in [2.05, 4.69) is 10.3 Å². The van der Waals surface area contributed by atoms with Crippen LogP contribution in [-0.2, 0) is 11.2 Å². The molecular formula is C14H22N2O3. The Hall–Kier alpha value is -1.62. The van der Waals surface area contributed by atoms with E-state index in [1.54, 1.807) is 33.9 Å². The molecule has 0 aliphatic heterocycles. The molecule has 0 saturated carbocycles. The van der Waals surface area contributed by atoms with Crippen LogP contribution in [0.3, 0.4) is 0 Å². The minimum absolute atomic E-state index is 0.426. The molecule has 0 bridgehead atoms. The Morgan fingerprint density at radius 1 is 1.47 bits per heavy atom. The molecule has 0 fully saturated rings. The van der Waals surface area contributed by atoms with Crippen molar-refractivity contribution in [1.82, 2.24) is 10.3 Å². The summed E-state index contributed by atoms with van der Waals surface area (Å²) in [6.07, 6.45) is 0.920. The van der Waals surface area contributed by atoms with Crippen LogP contribution in [0.25, 0.3) is 0 Å². The molecule has 19 heavy (non-hydrogen) atoms. The summed E-state index contributed by atoms with van der Waals surface area (Å²) < 4.78 is 5.17. The quantitative estimate of drug-likeness (QED) is 0.873. The summed E-state index contributed by atoms with van der Waals surface area (Å²) in [6, 6.07) is 5.12. The lowest BCUT2D eigenvalue weighted by atomic mass is 10.1. The number of aliphatic hydroxyl groups excluding tert-OH is 1. The summed E-state index contributed by atoms with van der Waals surface area (Å²) in [5.74, 6) is 0. The molecule has 5 nitrogen and oxygen atoms in total. The monoisotopic (exact) mass is 266 g/mol. The highest BCUT2D eigenvalue weighted by Crippen LogP contribution is 2.09. The zero-order valence-corrected chi connectivity index (χ0v) is 11.9. The van der Waals surface area contributed by atoms with Crippen molar-refractivity contribution in [3.8, 4) is 0 Å². The summed E-state index contributed by atoms with van der Waals surface area (Å²) in [7, 11) is 0. The number of rotatable bonds is 4. The van der Waals surface area contributed by atoms with Crippen molar-refractivity contribution in [3.05, 3.63) is 30.1 Å². The number of nitrogens with one attached hydrogen (secondary N) is 1. The van der Waals surface area contributed by atoms with E-state index in [0.29, 0.717) is 6.42 Å². The van der Waals surface area contributed by atoms with Gasteiger partial charge in [-0.25, -0.2) is 4.79 Å². The number of nitrogens with zero attached hydrogens (tertiary/aromatic N) is 1. The predicted molar refractivity (Wildman–Crippen MR) is 72.8 cm³/mol. The first-order valence-electron chi connectivity index (χ1n) is 6.35. The Bertz CT molecular complexity index is 399. The normalized spacial score (nSPS) is 14.6. The fraction of sp³-hybridized carbons (Fsp3) is 0.571. The number of pyridine rings is 1. The Morgan fingerprint density at radius 3 is 2.63 bits per heavy atom. The van der Waals surface area contributed by atoms with Crippen molar-refractivity contribution >= 4 is 6.09 Å². The van der Waals surface area contributed by atoms with Crippen molar-refractivity contribution in [2.24, 2.45) is 0 Å². The van der Waals surface area contributed by atoms with E-state index in [1.807, 2.05) is 18.2 Å². The number of hydrogen-bond acceptors (Lipinski definition) is 4. The molecule has 2 unspecified atom stereocenters. The van der Waals surface area contributed by atoms with Crippen LogP contribution in [0.1, 0.15) is 33.4 Å². The van der Waals surface area contributed by atoms with Gasteiger partial charge in [-0.15, -0.1) is 0 Å². The van der Waals surface area contributed by atoms with Crippen LogP contribution >= 0.6 is 0 Å². The highest BCUT2D eigenvalue weighted by molar-refractivity contribution is 5.68. The summed E-state index contributed by atoms with van der Waals surface area (Å²) in [5, 5.41) is 12.4. The summed E-state index contributed by atoms with van der Waals surface area (Å²) in [4.78, 5) is 15.9. The van der Waals surface area contributed by atoms with E-state index in [4.69, 9.17) is 4.74 Å². The van der Waals surface area contributed by atoms with Gasteiger partial charge in [0.15, 0.2) is 0 Å². The second-order valence-electron chi connectivity index (χ2n) is 5.52. The second kappa shape index (κ2) is 6.52. The first-order valence-corrected chi connectivity index (χ1v) is 6.35. The number of alkyl carbamates (subject to hydrolysis) is 1. The maximum Gasteiger partial charge on any atom is 0.407 e. The highest BCUT2D eigenvalue weighted by Gasteiger charge is 2.22. The van der Waals surface area contributed by atoms with Crippen molar-refractivity contribution in [1.29, 1.82) is 0 Å². The van der Waals surface area contributed by atoms with E-state index < -0.39 is 23.8 Å². The number of ether oxygens (including phenoxy) is 1. The van der Waals surface area contributed by atoms with Crippen LogP contribution in [-0.4, -0.2) is 33.9 Å². The number of amides is 1. The van der Waals surface area contributed by atoms with Gasteiger partial charge in [0.25, 0.3) is 0 Å². The minimum Gasteiger partial charge on any atom is -0.444 e. The van der Waals surface area contributed by atoms with Crippen molar-refractivity contribution < 1.29 is 14.6 Å². The number of carbonyl (C=O) groups is 1. The zero-order chi connectivity index (χ0) is 14.5. The van der Waals surface area contributed by atoms with Crippen LogP contribution in [0, 0.1) is 0 Å². The molecule has 1 aromatic rings. The standard InChI is InChI=1S/C14H22N2O3/c1-10(17)12(9-11-7-5-6-8-15-11)16-13(18)19-14(2,3)4/h5-8,10,12,17H,9H2,1-4H3,(H,16,18). The molecule has 0 saturated heterocycles. The maximum absolute atomic E-state index is 11.7. The van der Waals surface area contributed by atoms with Crippen molar-refractivity contribution in [3.63, 3.8) is 0 Å². The first kappa shape index (κ1) is 15.4. The van der Waals surface area contributed by atoms with E-state index in [9.17, 15) is 9.90 Å². The van der Waals surface area contributed by atoms with Crippen LogP contribution < -0.4 is 5.32 Å². The molecule has 1 heterocycles. The van der Waals surface area contributed by atoms with Gasteiger partial charge in [0.05, 0.1) is 12.1 Å². The Balaban J connectivity index is 2.61. The van der Waals surface area contributed by atoms with Gasteiger partial charge in [0, 0.05) is 18.3 Å². The summed E-state index contributed by atoms with van der Waals surface area (Å²) in [6.45, 7) is 7.01. The molecule has 106 valence electrons. The van der Waals surface area contributed by atoms with E-state index >= 15 is 0 Å². The van der Waals surface area contributed by atoms with Gasteiger partial charge in [-0.3, -0.25) is 4.98 Å². The third-order valence-electron chi connectivity index (χ3n) is 2.44. The number of hydrogen-bond donors (Lipinski definition) is 2. The van der Waals surface area contributed by atoms with Gasteiger partial charge in [0.2, 0.25) is 0 Å². The second-order valence-corrected chi connectivity index (χ2v) is 5.52. The molecule has 2 atom stereocenters. The van der Waals surface area contributed by atoms with Crippen molar-refractivity contribution in [2.75, 3.05) is 0 Å². The molecule has 0 radical (unpaired) electrons. The maximum atomic E-state index is 11.7. The van der Waals surface area contributed by atoms with Gasteiger partial charge in [-0.05, 0) is 39.8 Å². The Labute approximate surface area is 114 Å². The van der Waals surface area contributed by atoms with E-state index in [-0.39, 0.29) is 0 Å². The Morgan fingerprint density at radius 2 is 2.16 bits per heavy atom. The van der Waals surface area contributed by atoms with Crippen LogP contribution in [0.4, 0.5) is 4.79 Å². The lowest BCUT2D eigenvalue weighted by molar-refractivity contribution is 0.0437. The fourth-order valence-electron chi connectivity index (χ4n) is 1.55. The van der Waals surface area contributed by atoms with Gasteiger partial charge in [-0.2, -0.15) is 0 Å². The number of aliphatic hydroxyl groups is 1. The lowest BCUT2D eigenvalue weighted by Crippen LogP contribution is -2.45. The van der Waals surface area contributed by atoms with Gasteiger partial charge in [-0.1, -0.05) is 6.07 Å². The first-order chi connectivity index (χ1) is 8.78. The SMILES string of the molecule is CC(O)C(Cc1ccccn1)NC(=O)OC(C)(C)C. The number of carbonyl (C=O) groups excluding carboxylic acids is 1. The molecule has 5 heteroatoms. The molecule has 0 aliphatic carbocycles. The summed E-state index contributed by atoms with van der Waals surface area (Å²) >= 11 is 0. The van der Waals surface area contributed by atoms with Crippen LogP contribution in [0.5, 0.6) is 0 Å². The van der Waals surface area contributed by atoms with Crippen LogP contribution in [0.15, 0.2) is 24.4 Å². The van der Waals surface area contributed by atoms with Crippen LogP contribution in [0.2, 0.25) is 0 Å². The molecular weight excluding hydrogens is 244 g/mol. The molecule has 1 aromatic heterocycles. The minimum atomic E-state index is -0.686. The summed E-state index contributed by atoms with van der Waals surface area (Å²) in [5.41, 5.74) is 0.252. The van der Waals surface area contributed by atoms with Gasteiger partial charge < -0.3 is 15.2 Å². The molecule has 0 spiro atoms. The molecule has 1 amide bonds. The lowest BCUT2D eigenvalue weighted by Gasteiger charge is -2.25. The smallest absolute Gasteiger partial charge is 0.407 e. The molecule has 0 aromatic carbocycles. The zero-order valence-electron chi connectivity index (χ0n) is 11.9. The molecule has 0 aliphatic rings. The van der Waals surface area contributed by atoms with Crippen molar-refractivity contribution in [2.45, 2.75) is 51.9 Å².